The first-order chi connectivity index (χ1) is 10.1. The largest absolute Gasteiger partial charge is 0.377 e. The SMILES string of the molecule is CC1(C)COCCN1C(=O)Cc1cccc2cccnc12. The molecule has 2 heterocycles. The molecule has 0 spiro atoms. The number of aromatic nitrogens is 1. The van der Waals surface area contributed by atoms with Crippen LogP contribution in [0, 0.1) is 0 Å². The van der Waals surface area contributed by atoms with Gasteiger partial charge in [-0.1, -0.05) is 24.3 Å². The smallest absolute Gasteiger partial charge is 0.227 e. The molecule has 0 radical (unpaired) electrons. The zero-order valence-electron chi connectivity index (χ0n) is 12.5. The minimum atomic E-state index is -0.243. The second-order valence-electron chi connectivity index (χ2n) is 6.08. The third-order valence-electron chi connectivity index (χ3n) is 4.00. The van der Waals surface area contributed by atoms with E-state index in [0.29, 0.717) is 26.2 Å². The highest BCUT2D eigenvalue weighted by molar-refractivity contribution is 5.87. The summed E-state index contributed by atoms with van der Waals surface area (Å²) in [6.45, 7) is 5.95. The molecule has 2 aromatic rings. The Bertz CT molecular complexity index is 661. The second-order valence-corrected chi connectivity index (χ2v) is 6.08. The lowest BCUT2D eigenvalue weighted by Gasteiger charge is -2.42. The fourth-order valence-corrected chi connectivity index (χ4v) is 2.89. The minimum Gasteiger partial charge on any atom is -0.377 e. The lowest BCUT2D eigenvalue weighted by atomic mass is 10.00. The van der Waals surface area contributed by atoms with Gasteiger partial charge < -0.3 is 9.64 Å². The number of ether oxygens (including phenoxy) is 1. The standard InChI is InChI=1S/C17H20N2O2/c1-17(2)12-21-10-9-19(17)15(20)11-14-6-3-5-13-7-4-8-18-16(13)14/h3-8H,9-12H2,1-2H3. The van der Waals surface area contributed by atoms with Gasteiger partial charge in [0, 0.05) is 18.1 Å². The first-order valence-electron chi connectivity index (χ1n) is 7.29. The van der Waals surface area contributed by atoms with Crippen LogP contribution in [0.2, 0.25) is 0 Å². The molecule has 1 amide bonds. The molecule has 0 saturated carbocycles. The van der Waals surface area contributed by atoms with Crippen LogP contribution in [0.25, 0.3) is 10.9 Å². The van der Waals surface area contributed by atoms with Gasteiger partial charge in [-0.15, -0.1) is 0 Å². The van der Waals surface area contributed by atoms with E-state index in [1.165, 1.54) is 0 Å². The number of carbonyl (C=O) groups is 1. The number of nitrogens with zero attached hydrogens (tertiary/aromatic N) is 2. The maximum Gasteiger partial charge on any atom is 0.227 e. The van der Waals surface area contributed by atoms with Gasteiger partial charge in [0.15, 0.2) is 0 Å². The van der Waals surface area contributed by atoms with E-state index in [2.05, 4.69) is 4.98 Å². The van der Waals surface area contributed by atoms with E-state index in [1.54, 1.807) is 6.20 Å². The lowest BCUT2D eigenvalue weighted by molar-refractivity contribution is -0.145. The average Bonchev–Trinajstić information content (AvgIpc) is 2.47. The van der Waals surface area contributed by atoms with Crippen LogP contribution in [0.1, 0.15) is 19.4 Å². The first-order valence-corrected chi connectivity index (χ1v) is 7.29. The summed E-state index contributed by atoms with van der Waals surface area (Å²) in [5.74, 6) is 0.140. The minimum absolute atomic E-state index is 0.140. The fourth-order valence-electron chi connectivity index (χ4n) is 2.89. The van der Waals surface area contributed by atoms with Crippen molar-refractivity contribution < 1.29 is 9.53 Å². The van der Waals surface area contributed by atoms with Crippen molar-refractivity contribution in [2.45, 2.75) is 25.8 Å². The Hall–Kier alpha value is -1.94. The van der Waals surface area contributed by atoms with Crippen molar-refractivity contribution >= 4 is 16.8 Å². The van der Waals surface area contributed by atoms with Gasteiger partial charge in [0.2, 0.25) is 5.91 Å². The quantitative estimate of drug-likeness (QED) is 0.850. The van der Waals surface area contributed by atoms with E-state index in [1.807, 2.05) is 49.1 Å². The fraction of sp³-hybridized carbons (Fsp3) is 0.412. The van der Waals surface area contributed by atoms with Gasteiger partial charge in [-0.2, -0.15) is 0 Å². The summed E-state index contributed by atoms with van der Waals surface area (Å²) in [6, 6.07) is 9.93. The Labute approximate surface area is 124 Å². The Balaban J connectivity index is 1.86. The highest BCUT2D eigenvalue weighted by Gasteiger charge is 2.33. The second kappa shape index (κ2) is 5.45. The number of hydrogen-bond donors (Lipinski definition) is 0. The molecule has 0 bridgehead atoms. The van der Waals surface area contributed by atoms with Crippen LogP contribution in [0.15, 0.2) is 36.5 Å². The molecular formula is C17H20N2O2. The van der Waals surface area contributed by atoms with Crippen molar-refractivity contribution in [1.29, 1.82) is 0 Å². The van der Waals surface area contributed by atoms with Crippen molar-refractivity contribution in [2.24, 2.45) is 0 Å². The number of rotatable bonds is 2. The first kappa shape index (κ1) is 14.0. The predicted molar refractivity (Wildman–Crippen MR) is 82.1 cm³/mol. The van der Waals surface area contributed by atoms with E-state index in [-0.39, 0.29) is 11.4 Å². The van der Waals surface area contributed by atoms with E-state index >= 15 is 0 Å². The molecule has 1 aromatic heterocycles. The molecule has 3 rings (SSSR count). The lowest BCUT2D eigenvalue weighted by Crippen LogP contribution is -2.55. The molecule has 0 aliphatic carbocycles. The number of para-hydroxylation sites is 1. The molecule has 4 heteroatoms. The highest BCUT2D eigenvalue weighted by atomic mass is 16.5. The Morgan fingerprint density at radius 1 is 1.33 bits per heavy atom. The van der Waals surface area contributed by atoms with Crippen LogP contribution in [0.4, 0.5) is 0 Å². The van der Waals surface area contributed by atoms with Crippen molar-refractivity contribution in [3.05, 3.63) is 42.1 Å². The molecule has 1 fully saturated rings. The van der Waals surface area contributed by atoms with Crippen molar-refractivity contribution in [2.75, 3.05) is 19.8 Å². The molecule has 1 aliphatic rings. The van der Waals surface area contributed by atoms with Crippen LogP contribution in [-0.2, 0) is 16.0 Å². The summed E-state index contributed by atoms with van der Waals surface area (Å²) < 4.78 is 5.48. The third-order valence-corrected chi connectivity index (χ3v) is 4.00. The van der Waals surface area contributed by atoms with E-state index in [0.717, 1.165) is 16.5 Å². The summed E-state index contributed by atoms with van der Waals surface area (Å²) in [7, 11) is 0. The summed E-state index contributed by atoms with van der Waals surface area (Å²) in [5, 5.41) is 1.07. The van der Waals surface area contributed by atoms with Gasteiger partial charge in [-0.05, 0) is 25.5 Å². The summed E-state index contributed by atoms with van der Waals surface area (Å²) >= 11 is 0. The van der Waals surface area contributed by atoms with Crippen LogP contribution in [0.3, 0.4) is 0 Å². The molecule has 1 aromatic carbocycles. The van der Waals surface area contributed by atoms with Gasteiger partial charge in [-0.3, -0.25) is 9.78 Å². The Morgan fingerprint density at radius 3 is 2.95 bits per heavy atom. The molecule has 1 saturated heterocycles. The van der Waals surface area contributed by atoms with Gasteiger partial charge in [0.1, 0.15) is 0 Å². The van der Waals surface area contributed by atoms with Gasteiger partial charge in [-0.25, -0.2) is 0 Å². The number of pyridine rings is 1. The van der Waals surface area contributed by atoms with Crippen LogP contribution < -0.4 is 0 Å². The number of amides is 1. The average molecular weight is 284 g/mol. The zero-order valence-corrected chi connectivity index (χ0v) is 12.5. The highest BCUT2D eigenvalue weighted by Crippen LogP contribution is 2.22. The van der Waals surface area contributed by atoms with E-state index < -0.39 is 0 Å². The number of hydrogen-bond acceptors (Lipinski definition) is 3. The summed E-state index contributed by atoms with van der Waals surface area (Å²) in [6.07, 6.45) is 2.16. The van der Waals surface area contributed by atoms with Gasteiger partial charge >= 0.3 is 0 Å². The topological polar surface area (TPSA) is 42.4 Å². The van der Waals surface area contributed by atoms with Crippen molar-refractivity contribution in [3.63, 3.8) is 0 Å². The number of benzene rings is 1. The number of fused-ring (bicyclic) bond motifs is 1. The predicted octanol–water partition coefficient (Wildman–Crippen LogP) is 2.41. The van der Waals surface area contributed by atoms with Gasteiger partial charge in [0.05, 0.1) is 30.7 Å². The zero-order chi connectivity index (χ0) is 14.9. The van der Waals surface area contributed by atoms with Crippen LogP contribution in [0.5, 0.6) is 0 Å². The summed E-state index contributed by atoms with van der Waals surface area (Å²) in [4.78, 5) is 19.0. The van der Waals surface area contributed by atoms with E-state index in [9.17, 15) is 4.79 Å². The maximum absolute atomic E-state index is 12.7. The molecule has 0 atom stereocenters. The molecule has 4 nitrogen and oxygen atoms in total. The molecule has 0 N–H and O–H groups in total. The molecule has 110 valence electrons. The van der Waals surface area contributed by atoms with Crippen molar-refractivity contribution in [3.8, 4) is 0 Å². The van der Waals surface area contributed by atoms with Gasteiger partial charge in [0.25, 0.3) is 0 Å². The number of morpholine rings is 1. The monoisotopic (exact) mass is 284 g/mol. The molecule has 1 aliphatic heterocycles. The Kier molecular flexibility index (Phi) is 3.64. The Morgan fingerprint density at radius 2 is 2.14 bits per heavy atom. The number of carbonyl (C=O) groups excluding carboxylic acids is 1. The summed E-state index contributed by atoms with van der Waals surface area (Å²) in [5.41, 5.74) is 1.66. The van der Waals surface area contributed by atoms with Crippen LogP contribution >= 0.6 is 0 Å². The van der Waals surface area contributed by atoms with Crippen LogP contribution in [-0.4, -0.2) is 41.1 Å². The maximum atomic E-state index is 12.7. The molecular weight excluding hydrogens is 264 g/mol. The van der Waals surface area contributed by atoms with Crippen molar-refractivity contribution in [1.82, 2.24) is 9.88 Å². The molecule has 0 unspecified atom stereocenters. The third kappa shape index (κ3) is 2.76. The van der Waals surface area contributed by atoms with E-state index in [4.69, 9.17) is 4.74 Å². The normalized spacial score (nSPS) is 17.9. The molecule has 21 heavy (non-hydrogen) atoms.